The SMILES string of the molecule is C=C1NC2CCCC(C2)NC/C=C/CNc2cccc(c2)N/C(C)=N/C=C\1F. The minimum Gasteiger partial charge on any atom is -0.382 e. The summed E-state index contributed by atoms with van der Waals surface area (Å²) in [5, 5.41) is 13.4. The maximum atomic E-state index is 14.4. The maximum Gasteiger partial charge on any atom is 0.163 e. The molecule has 150 valence electrons. The second kappa shape index (κ2) is 10.1. The second-order valence-electron chi connectivity index (χ2n) is 7.34. The van der Waals surface area contributed by atoms with Gasteiger partial charge in [-0.05, 0) is 50.8 Å². The highest BCUT2D eigenvalue weighted by Crippen LogP contribution is 2.21. The Hall–Kier alpha value is -2.60. The number of nitrogens with one attached hydrogen (secondary N) is 4. The van der Waals surface area contributed by atoms with Crippen molar-refractivity contribution in [1.29, 1.82) is 0 Å². The molecule has 1 aliphatic carbocycles. The molecule has 2 atom stereocenters. The molecule has 28 heavy (non-hydrogen) atoms. The molecule has 5 nitrogen and oxygen atoms in total. The summed E-state index contributed by atoms with van der Waals surface area (Å²) in [6.07, 6.45) is 9.77. The van der Waals surface area contributed by atoms with Gasteiger partial charge in [0, 0.05) is 36.5 Å². The maximum absolute atomic E-state index is 14.4. The topological polar surface area (TPSA) is 60.5 Å². The molecule has 0 radical (unpaired) electrons. The molecule has 1 fully saturated rings. The quantitative estimate of drug-likeness (QED) is 0.504. The van der Waals surface area contributed by atoms with Crippen LogP contribution in [0.5, 0.6) is 0 Å². The Morgan fingerprint density at radius 1 is 1.11 bits per heavy atom. The van der Waals surface area contributed by atoms with E-state index >= 15 is 0 Å². The molecular weight excluding hydrogens is 353 g/mol. The lowest BCUT2D eigenvalue weighted by Gasteiger charge is -2.31. The summed E-state index contributed by atoms with van der Waals surface area (Å²) in [4.78, 5) is 4.19. The fourth-order valence-electron chi connectivity index (χ4n) is 3.58. The molecule has 2 unspecified atom stereocenters. The number of hydrogen-bond acceptors (Lipinski definition) is 5. The summed E-state index contributed by atoms with van der Waals surface area (Å²) < 4.78 is 14.4. The monoisotopic (exact) mass is 383 g/mol. The number of aliphatic imine (C=N–C) groups is 1. The van der Waals surface area contributed by atoms with Crippen molar-refractivity contribution in [3.8, 4) is 0 Å². The van der Waals surface area contributed by atoms with Crippen molar-refractivity contribution < 1.29 is 4.39 Å². The average molecular weight is 384 g/mol. The van der Waals surface area contributed by atoms with Crippen molar-refractivity contribution in [3.05, 3.63) is 60.7 Å². The highest BCUT2D eigenvalue weighted by Gasteiger charge is 2.22. The van der Waals surface area contributed by atoms with Crippen LogP contribution in [-0.4, -0.2) is 31.0 Å². The van der Waals surface area contributed by atoms with E-state index in [4.69, 9.17) is 0 Å². The Morgan fingerprint density at radius 3 is 2.79 bits per heavy atom. The zero-order valence-corrected chi connectivity index (χ0v) is 16.5. The van der Waals surface area contributed by atoms with Crippen LogP contribution in [0.1, 0.15) is 32.6 Å². The molecule has 4 N–H and O–H groups in total. The van der Waals surface area contributed by atoms with Crippen LogP contribution in [0.4, 0.5) is 15.8 Å². The molecule has 1 aromatic rings. The summed E-state index contributed by atoms with van der Waals surface area (Å²) in [6, 6.07) is 8.61. The van der Waals surface area contributed by atoms with E-state index in [1.54, 1.807) is 0 Å². The van der Waals surface area contributed by atoms with Crippen LogP contribution in [-0.2, 0) is 0 Å². The molecule has 2 aliphatic rings. The van der Waals surface area contributed by atoms with Gasteiger partial charge in [0.05, 0.1) is 11.9 Å². The van der Waals surface area contributed by atoms with Crippen molar-refractivity contribution in [1.82, 2.24) is 10.6 Å². The molecule has 0 amide bonds. The molecule has 6 heteroatoms. The van der Waals surface area contributed by atoms with Crippen molar-refractivity contribution in [2.24, 2.45) is 4.99 Å². The Labute approximate surface area is 166 Å². The van der Waals surface area contributed by atoms with Gasteiger partial charge in [0.25, 0.3) is 0 Å². The number of allylic oxidation sites excluding steroid dienone is 1. The molecule has 4 bridgehead atoms. The molecule has 0 spiro atoms. The summed E-state index contributed by atoms with van der Waals surface area (Å²) in [6.45, 7) is 7.26. The number of hydrogen-bond donors (Lipinski definition) is 4. The van der Waals surface area contributed by atoms with Crippen molar-refractivity contribution >= 4 is 17.2 Å². The minimum absolute atomic E-state index is 0.232. The van der Waals surface area contributed by atoms with Gasteiger partial charge in [-0.25, -0.2) is 9.38 Å². The van der Waals surface area contributed by atoms with Gasteiger partial charge in [-0.1, -0.05) is 24.8 Å². The molecule has 1 aromatic carbocycles. The number of nitrogens with zero attached hydrogens (tertiary/aromatic N) is 1. The third kappa shape index (κ3) is 6.23. The predicted molar refractivity (Wildman–Crippen MR) is 116 cm³/mol. The second-order valence-corrected chi connectivity index (χ2v) is 7.34. The van der Waals surface area contributed by atoms with E-state index in [1.165, 1.54) is 6.20 Å². The number of anilines is 2. The standard InChI is InChI=1S/C22H30FN5/c1-16-22(23)15-26-17(2)28-21-10-6-8-19(14-21)25-12-4-3-11-24-18-7-5-9-20(13-18)27-16/h3-4,6,8,10,14-15,18,20,24-25,27H,1,5,7,9,11-13H2,2H3,(H,26,28)/b4-3+,22-15+. The minimum atomic E-state index is -0.438. The number of rotatable bonds is 0. The molecular formula is C22H30FN5. The molecule has 1 aliphatic heterocycles. The third-order valence-electron chi connectivity index (χ3n) is 5.02. The van der Waals surface area contributed by atoms with Gasteiger partial charge in [0.1, 0.15) is 5.84 Å². The van der Waals surface area contributed by atoms with Crippen LogP contribution in [0.25, 0.3) is 0 Å². The number of fused-ring (bicyclic) bond motifs is 4. The van der Waals surface area contributed by atoms with Crippen molar-refractivity contribution in [3.63, 3.8) is 0 Å². The first-order valence-corrected chi connectivity index (χ1v) is 9.95. The first-order valence-electron chi connectivity index (χ1n) is 9.95. The summed E-state index contributed by atoms with van der Waals surface area (Å²) in [5.74, 6) is 0.173. The Balaban J connectivity index is 1.76. The van der Waals surface area contributed by atoms with E-state index < -0.39 is 5.83 Å². The van der Waals surface area contributed by atoms with Gasteiger partial charge < -0.3 is 21.3 Å². The summed E-state index contributed by atoms with van der Waals surface area (Å²) in [5.41, 5.74) is 2.21. The van der Waals surface area contributed by atoms with Crippen LogP contribution in [0.15, 0.2) is 65.7 Å². The van der Waals surface area contributed by atoms with E-state index in [0.29, 0.717) is 17.6 Å². The van der Waals surface area contributed by atoms with Crippen LogP contribution in [0.3, 0.4) is 0 Å². The first-order chi connectivity index (χ1) is 13.6. The van der Waals surface area contributed by atoms with E-state index in [0.717, 1.165) is 50.1 Å². The predicted octanol–water partition coefficient (Wildman–Crippen LogP) is 4.31. The van der Waals surface area contributed by atoms with Crippen LogP contribution >= 0.6 is 0 Å². The molecule has 0 saturated heterocycles. The van der Waals surface area contributed by atoms with Gasteiger partial charge in [0.2, 0.25) is 0 Å². The largest absolute Gasteiger partial charge is 0.382 e. The Kier molecular flexibility index (Phi) is 7.25. The highest BCUT2D eigenvalue weighted by molar-refractivity contribution is 5.94. The number of benzene rings is 1. The lowest BCUT2D eigenvalue weighted by Crippen LogP contribution is -2.41. The highest BCUT2D eigenvalue weighted by atomic mass is 19.1. The Bertz CT molecular complexity index is 768. The normalized spacial score (nSPS) is 29.1. The van der Waals surface area contributed by atoms with E-state index in [1.807, 2.05) is 31.2 Å². The van der Waals surface area contributed by atoms with Crippen LogP contribution < -0.4 is 21.3 Å². The fourth-order valence-corrected chi connectivity index (χ4v) is 3.58. The summed E-state index contributed by atoms with van der Waals surface area (Å²) in [7, 11) is 0. The lowest BCUT2D eigenvalue weighted by molar-refractivity contribution is 0.320. The van der Waals surface area contributed by atoms with Crippen LogP contribution in [0, 0.1) is 0 Å². The molecule has 3 rings (SSSR count). The third-order valence-corrected chi connectivity index (χ3v) is 5.02. The van der Waals surface area contributed by atoms with E-state index in [2.05, 4.69) is 45.0 Å². The summed E-state index contributed by atoms with van der Waals surface area (Å²) >= 11 is 0. The molecule has 1 saturated carbocycles. The van der Waals surface area contributed by atoms with E-state index in [9.17, 15) is 4.39 Å². The van der Waals surface area contributed by atoms with Gasteiger partial charge in [-0.2, -0.15) is 0 Å². The first kappa shape index (κ1) is 20.1. The lowest BCUT2D eigenvalue weighted by atomic mass is 9.90. The van der Waals surface area contributed by atoms with E-state index in [-0.39, 0.29) is 6.04 Å². The smallest absolute Gasteiger partial charge is 0.163 e. The van der Waals surface area contributed by atoms with Crippen LogP contribution in [0.2, 0.25) is 0 Å². The zero-order valence-electron chi connectivity index (χ0n) is 16.5. The van der Waals surface area contributed by atoms with Crippen molar-refractivity contribution in [2.45, 2.75) is 44.7 Å². The average Bonchev–Trinajstić information content (AvgIpc) is 2.68. The molecule has 0 aromatic heterocycles. The van der Waals surface area contributed by atoms with Gasteiger partial charge in [-0.3, -0.25) is 0 Å². The van der Waals surface area contributed by atoms with Crippen molar-refractivity contribution in [2.75, 3.05) is 23.7 Å². The van der Waals surface area contributed by atoms with Gasteiger partial charge in [0.15, 0.2) is 5.83 Å². The Morgan fingerprint density at radius 2 is 1.89 bits per heavy atom. The number of halogens is 1. The van der Waals surface area contributed by atoms with Gasteiger partial charge >= 0.3 is 0 Å². The zero-order chi connectivity index (χ0) is 19.8. The fraction of sp³-hybridized carbons (Fsp3) is 0.409. The van der Waals surface area contributed by atoms with Gasteiger partial charge in [-0.15, -0.1) is 0 Å². The number of amidine groups is 1. The molecule has 1 heterocycles.